The summed E-state index contributed by atoms with van der Waals surface area (Å²) < 4.78 is 5.10. The van der Waals surface area contributed by atoms with Crippen LogP contribution in [0.1, 0.15) is 0 Å². The van der Waals surface area contributed by atoms with Crippen molar-refractivity contribution >= 4 is 17.5 Å². The summed E-state index contributed by atoms with van der Waals surface area (Å²) in [4.78, 5) is 26.3. The maximum absolute atomic E-state index is 11.8. The molecule has 0 aliphatic carbocycles. The molecule has 0 unspecified atom stereocenters. The third-order valence-corrected chi connectivity index (χ3v) is 2.80. The van der Waals surface area contributed by atoms with Crippen molar-refractivity contribution < 1.29 is 14.3 Å². The summed E-state index contributed by atoms with van der Waals surface area (Å²) in [6, 6.07) is 7.13. The van der Waals surface area contributed by atoms with Gasteiger partial charge in [0.25, 0.3) is 0 Å². The molecule has 0 radical (unpaired) electrons. The number of anilines is 1. The normalized spacial score (nSPS) is 16.4. The van der Waals surface area contributed by atoms with E-state index in [0.717, 1.165) is 0 Å². The maximum Gasteiger partial charge on any atom is 0.316 e. The van der Waals surface area contributed by atoms with E-state index in [-0.39, 0.29) is 0 Å². The number of carbonyl (C=O) groups is 2. The van der Waals surface area contributed by atoms with Gasteiger partial charge < -0.3 is 14.5 Å². The monoisotopic (exact) mass is 234 g/mol. The summed E-state index contributed by atoms with van der Waals surface area (Å²) >= 11 is 0. The van der Waals surface area contributed by atoms with Crippen LogP contribution in [0.25, 0.3) is 0 Å². The minimum Gasteiger partial charge on any atom is -0.497 e. The van der Waals surface area contributed by atoms with Gasteiger partial charge in [0.05, 0.1) is 7.11 Å². The smallest absolute Gasteiger partial charge is 0.316 e. The van der Waals surface area contributed by atoms with E-state index in [9.17, 15) is 9.59 Å². The third-order valence-electron chi connectivity index (χ3n) is 2.80. The molecule has 1 aliphatic heterocycles. The number of carbonyl (C=O) groups excluding carboxylic acids is 2. The second-order valence-corrected chi connectivity index (χ2v) is 3.88. The van der Waals surface area contributed by atoms with Crippen molar-refractivity contribution in [2.24, 2.45) is 0 Å². The Morgan fingerprint density at radius 3 is 2.65 bits per heavy atom. The highest BCUT2D eigenvalue weighted by Gasteiger charge is 2.31. The molecule has 1 aromatic rings. The van der Waals surface area contributed by atoms with Gasteiger partial charge in [-0.2, -0.15) is 0 Å². The molecule has 2 amide bonds. The lowest BCUT2D eigenvalue weighted by Crippen LogP contribution is -2.53. The lowest BCUT2D eigenvalue weighted by Gasteiger charge is -2.31. The lowest BCUT2D eigenvalue weighted by molar-refractivity contribution is -0.145. The first-order valence-corrected chi connectivity index (χ1v) is 5.34. The van der Waals surface area contributed by atoms with Gasteiger partial charge in [0, 0.05) is 31.9 Å². The molecule has 0 N–H and O–H groups in total. The van der Waals surface area contributed by atoms with Crippen molar-refractivity contribution in [3.63, 3.8) is 0 Å². The Hall–Kier alpha value is -2.04. The molecule has 2 rings (SSSR count). The Balaban J connectivity index is 2.27. The highest BCUT2D eigenvalue weighted by atomic mass is 16.5. The van der Waals surface area contributed by atoms with E-state index in [1.165, 1.54) is 9.80 Å². The Morgan fingerprint density at radius 1 is 1.18 bits per heavy atom. The molecule has 0 atom stereocenters. The van der Waals surface area contributed by atoms with E-state index in [0.29, 0.717) is 24.5 Å². The maximum atomic E-state index is 11.8. The summed E-state index contributed by atoms with van der Waals surface area (Å²) in [6.45, 7) is 1.05. The van der Waals surface area contributed by atoms with Crippen LogP contribution in [0.3, 0.4) is 0 Å². The fraction of sp³-hybridized carbons (Fsp3) is 0.333. The zero-order chi connectivity index (χ0) is 12.4. The Labute approximate surface area is 99.6 Å². The fourth-order valence-electron chi connectivity index (χ4n) is 1.76. The summed E-state index contributed by atoms with van der Waals surface area (Å²) in [5.74, 6) is -0.298. The van der Waals surface area contributed by atoms with Crippen LogP contribution >= 0.6 is 0 Å². The van der Waals surface area contributed by atoms with Crippen molar-refractivity contribution in [3.8, 4) is 5.75 Å². The lowest BCUT2D eigenvalue weighted by atomic mass is 10.2. The largest absolute Gasteiger partial charge is 0.497 e. The molecule has 5 heteroatoms. The SMILES string of the molecule is COc1cccc(N2CCN(C)C(=O)C2=O)c1. The summed E-state index contributed by atoms with van der Waals surface area (Å²) in [5.41, 5.74) is 0.691. The van der Waals surface area contributed by atoms with Crippen molar-refractivity contribution in [1.82, 2.24) is 4.90 Å². The van der Waals surface area contributed by atoms with Gasteiger partial charge in [-0.3, -0.25) is 9.59 Å². The van der Waals surface area contributed by atoms with Crippen LogP contribution in [0.4, 0.5) is 5.69 Å². The topological polar surface area (TPSA) is 49.9 Å². The van der Waals surface area contributed by atoms with Crippen molar-refractivity contribution in [1.29, 1.82) is 0 Å². The van der Waals surface area contributed by atoms with Gasteiger partial charge in [-0.15, -0.1) is 0 Å². The standard InChI is InChI=1S/C12H14N2O3/c1-13-6-7-14(12(16)11(13)15)9-4-3-5-10(8-9)17-2/h3-5,8H,6-7H2,1-2H3. The van der Waals surface area contributed by atoms with E-state index >= 15 is 0 Å². The van der Waals surface area contributed by atoms with E-state index < -0.39 is 11.8 Å². The molecule has 0 aromatic heterocycles. The average Bonchev–Trinajstić information content (AvgIpc) is 2.36. The first-order chi connectivity index (χ1) is 8.13. The number of nitrogens with zero attached hydrogens (tertiary/aromatic N) is 2. The minimum atomic E-state index is -0.494. The molecule has 1 aliphatic rings. The van der Waals surface area contributed by atoms with Crippen LogP contribution in [0.5, 0.6) is 5.75 Å². The predicted octanol–water partition coefficient (Wildman–Crippen LogP) is 0.500. The quantitative estimate of drug-likeness (QED) is 0.700. The van der Waals surface area contributed by atoms with Crippen LogP contribution in [-0.4, -0.2) is 44.0 Å². The fourth-order valence-corrected chi connectivity index (χ4v) is 1.76. The Kier molecular flexibility index (Phi) is 2.99. The van der Waals surface area contributed by atoms with Crippen molar-refractivity contribution in [3.05, 3.63) is 24.3 Å². The minimum absolute atomic E-state index is 0.473. The number of hydrogen-bond acceptors (Lipinski definition) is 3. The van der Waals surface area contributed by atoms with Crippen molar-refractivity contribution in [2.75, 3.05) is 32.1 Å². The summed E-state index contributed by atoms with van der Waals surface area (Å²) in [5, 5.41) is 0. The van der Waals surface area contributed by atoms with Crippen LogP contribution in [-0.2, 0) is 9.59 Å². The van der Waals surface area contributed by atoms with Crippen LogP contribution in [0.2, 0.25) is 0 Å². The molecule has 17 heavy (non-hydrogen) atoms. The zero-order valence-corrected chi connectivity index (χ0v) is 9.84. The van der Waals surface area contributed by atoms with E-state index in [4.69, 9.17) is 4.74 Å². The predicted molar refractivity (Wildman–Crippen MR) is 63.0 cm³/mol. The molecule has 1 fully saturated rings. The molecule has 1 saturated heterocycles. The first kappa shape index (κ1) is 11.4. The number of benzene rings is 1. The number of piperazine rings is 1. The molecule has 90 valence electrons. The van der Waals surface area contributed by atoms with Gasteiger partial charge in [-0.05, 0) is 12.1 Å². The second kappa shape index (κ2) is 4.45. The first-order valence-electron chi connectivity index (χ1n) is 5.34. The van der Waals surface area contributed by atoms with Gasteiger partial charge in [0.1, 0.15) is 5.75 Å². The highest BCUT2D eigenvalue weighted by molar-refractivity contribution is 6.40. The molecular weight excluding hydrogens is 220 g/mol. The molecular formula is C12H14N2O3. The van der Waals surface area contributed by atoms with Gasteiger partial charge in [0.2, 0.25) is 0 Å². The third kappa shape index (κ3) is 2.08. The number of methoxy groups -OCH3 is 1. The number of ether oxygens (including phenoxy) is 1. The van der Waals surface area contributed by atoms with Crippen molar-refractivity contribution in [2.45, 2.75) is 0 Å². The second-order valence-electron chi connectivity index (χ2n) is 3.88. The zero-order valence-electron chi connectivity index (χ0n) is 9.84. The van der Waals surface area contributed by atoms with Gasteiger partial charge in [-0.25, -0.2) is 0 Å². The highest BCUT2D eigenvalue weighted by Crippen LogP contribution is 2.22. The van der Waals surface area contributed by atoms with Crippen LogP contribution in [0, 0.1) is 0 Å². The molecule has 1 aromatic carbocycles. The molecule has 5 nitrogen and oxygen atoms in total. The van der Waals surface area contributed by atoms with Crippen LogP contribution < -0.4 is 9.64 Å². The number of amides is 2. The Morgan fingerprint density at radius 2 is 1.94 bits per heavy atom. The van der Waals surface area contributed by atoms with Crippen LogP contribution in [0.15, 0.2) is 24.3 Å². The number of likely N-dealkylation sites (N-methyl/N-ethyl adjacent to an activating group) is 1. The molecule has 0 spiro atoms. The molecule has 0 bridgehead atoms. The average molecular weight is 234 g/mol. The van der Waals surface area contributed by atoms with E-state index in [2.05, 4.69) is 0 Å². The van der Waals surface area contributed by atoms with Gasteiger partial charge >= 0.3 is 11.8 Å². The van der Waals surface area contributed by atoms with Gasteiger partial charge in [0.15, 0.2) is 0 Å². The van der Waals surface area contributed by atoms with Gasteiger partial charge in [-0.1, -0.05) is 6.07 Å². The molecule has 0 saturated carbocycles. The molecule has 1 heterocycles. The summed E-state index contributed by atoms with van der Waals surface area (Å²) in [7, 11) is 3.19. The number of hydrogen-bond donors (Lipinski definition) is 0. The van der Waals surface area contributed by atoms with E-state index in [1.807, 2.05) is 0 Å². The number of rotatable bonds is 2. The summed E-state index contributed by atoms with van der Waals surface area (Å²) in [6.07, 6.45) is 0. The Bertz CT molecular complexity index is 459. The van der Waals surface area contributed by atoms with E-state index in [1.54, 1.807) is 38.4 Å².